The van der Waals surface area contributed by atoms with E-state index in [1.165, 1.54) is 24.7 Å². The van der Waals surface area contributed by atoms with E-state index in [9.17, 15) is 13.2 Å². The monoisotopic (exact) mass is 401 g/mol. The van der Waals surface area contributed by atoms with Crippen molar-refractivity contribution in [2.24, 2.45) is 0 Å². The van der Waals surface area contributed by atoms with Gasteiger partial charge in [-0.05, 0) is 43.1 Å². The number of carbonyl (C=O) groups is 1. The van der Waals surface area contributed by atoms with E-state index in [1.54, 1.807) is 24.3 Å². The molecule has 0 saturated carbocycles. The Bertz CT molecular complexity index is 894. The molecule has 7 heteroatoms. The van der Waals surface area contributed by atoms with Crippen LogP contribution in [-0.4, -0.2) is 45.2 Å². The number of sulfone groups is 1. The third kappa shape index (κ3) is 5.81. The molecule has 6 nitrogen and oxygen atoms in total. The number of para-hydroxylation sites is 1. The Labute approximate surface area is 166 Å². The largest absolute Gasteiger partial charge is 0.336 e. The van der Waals surface area contributed by atoms with Crippen molar-refractivity contribution < 1.29 is 13.2 Å². The molecule has 2 aromatic rings. The van der Waals surface area contributed by atoms with Crippen LogP contribution in [0.5, 0.6) is 0 Å². The van der Waals surface area contributed by atoms with Gasteiger partial charge in [0.2, 0.25) is 0 Å². The third-order valence-corrected chi connectivity index (χ3v) is 5.74. The summed E-state index contributed by atoms with van der Waals surface area (Å²) in [4.78, 5) is 14.9. The van der Waals surface area contributed by atoms with Crippen molar-refractivity contribution in [3.05, 3.63) is 65.7 Å². The van der Waals surface area contributed by atoms with Gasteiger partial charge in [0.1, 0.15) is 0 Å². The number of nitrogens with zero attached hydrogens (tertiary/aromatic N) is 1. The number of likely N-dealkylation sites (tertiary alicyclic amines) is 1. The van der Waals surface area contributed by atoms with Crippen molar-refractivity contribution in [3.8, 4) is 0 Å². The van der Waals surface area contributed by atoms with E-state index in [2.05, 4.69) is 27.7 Å². The molecule has 0 bridgehead atoms. The minimum atomic E-state index is -3.19. The summed E-state index contributed by atoms with van der Waals surface area (Å²) in [6.07, 6.45) is 3.53. The van der Waals surface area contributed by atoms with Crippen molar-refractivity contribution in [1.29, 1.82) is 0 Å². The van der Waals surface area contributed by atoms with Gasteiger partial charge in [0.05, 0.1) is 11.8 Å². The van der Waals surface area contributed by atoms with Gasteiger partial charge in [0.15, 0.2) is 9.84 Å². The van der Waals surface area contributed by atoms with Crippen LogP contribution in [0.3, 0.4) is 0 Å². The molecule has 3 rings (SSSR count). The molecular weight excluding hydrogens is 374 g/mol. The van der Waals surface area contributed by atoms with E-state index in [-0.39, 0.29) is 17.8 Å². The van der Waals surface area contributed by atoms with Crippen LogP contribution in [0.4, 0.5) is 10.5 Å². The fourth-order valence-electron chi connectivity index (χ4n) is 3.59. The molecule has 2 amide bonds. The number of nitrogens with one attached hydrogen (secondary N) is 2. The molecule has 1 atom stereocenters. The first-order chi connectivity index (χ1) is 13.4. The Balaban J connectivity index is 1.66. The first-order valence-corrected chi connectivity index (χ1v) is 11.6. The highest BCUT2D eigenvalue weighted by Gasteiger charge is 2.24. The molecule has 1 aliphatic rings. The Hall–Kier alpha value is -2.38. The van der Waals surface area contributed by atoms with Crippen molar-refractivity contribution in [2.75, 3.05) is 31.2 Å². The first kappa shape index (κ1) is 20.4. The highest BCUT2D eigenvalue weighted by molar-refractivity contribution is 7.89. The fraction of sp³-hybridized carbons (Fsp3) is 0.381. The van der Waals surface area contributed by atoms with E-state index in [0.29, 0.717) is 17.8 Å². The Morgan fingerprint density at radius 1 is 1.04 bits per heavy atom. The van der Waals surface area contributed by atoms with Crippen LogP contribution in [0, 0.1) is 0 Å². The van der Waals surface area contributed by atoms with Gasteiger partial charge >= 0.3 is 6.03 Å². The lowest BCUT2D eigenvalue weighted by atomic mass is 10.1. The van der Waals surface area contributed by atoms with Gasteiger partial charge < -0.3 is 10.6 Å². The number of hydrogen-bond donors (Lipinski definition) is 2. The number of benzene rings is 2. The van der Waals surface area contributed by atoms with Crippen molar-refractivity contribution in [3.63, 3.8) is 0 Å². The average molecular weight is 402 g/mol. The predicted molar refractivity (Wildman–Crippen MR) is 112 cm³/mol. The lowest BCUT2D eigenvalue weighted by Crippen LogP contribution is -2.38. The number of anilines is 1. The van der Waals surface area contributed by atoms with Crippen LogP contribution < -0.4 is 10.6 Å². The number of urea groups is 1. The molecule has 2 aromatic carbocycles. The Morgan fingerprint density at radius 2 is 1.68 bits per heavy atom. The standard InChI is InChI=1S/C21H27N3O3S/c1-28(26,27)16-18-11-5-6-12-19(18)23-21(25)22-15-20(24-13-7-8-14-24)17-9-3-2-4-10-17/h2-6,9-12,20H,7-8,13-16H2,1H3,(H2,22,23,25). The molecular formula is C21H27N3O3S. The molecule has 150 valence electrons. The first-order valence-electron chi connectivity index (χ1n) is 9.52. The highest BCUT2D eigenvalue weighted by Crippen LogP contribution is 2.24. The van der Waals surface area contributed by atoms with E-state index < -0.39 is 9.84 Å². The van der Waals surface area contributed by atoms with Gasteiger partial charge in [-0.15, -0.1) is 0 Å². The van der Waals surface area contributed by atoms with Gasteiger partial charge in [0.25, 0.3) is 0 Å². The smallest absolute Gasteiger partial charge is 0.319 e. The molecule has 1 fully saturated rings. The van der Waals surface area contributed by atoms with Crippen LogP contribution in [0.1, 0.15) is 30.0 Å². The summed E-state index contributed by atoms with van der Waals surface area (Å²) in [5.41, 5.74) is 2.28. The number of rotatable bonds is 7. The van der Waals surface area contributed by atoms with E-state index in [1.807, 2.05) is 18.2 Å². The molecule has 0 spiro atoms. The summed E-state index contributed by atoms with van der Waals surface area (Å²) in [7, 11) is -3.19. The maximum Gasteiger partial charge on any atom is 0.319 e. The Morgan fingerprint density at radius 3 is 2.36 bits per heavy atom. The van der Waals surface area contributed by atoms with Crippen LogP contribution >= 0.6 is 0 Å². The second-order valence-corrected chi connectivity index (χ2v) is 9.37. The Kier molecular flexibility index (Phi) is 6.70. The molecule has 0 aliphatic carbocycles. The van der Waals surface area contributed by atoms with Gasteiger partial charge in [-0.25, -0.2) is 13.2 Å². The zero-order valence-electron chi connectivity index (χ0n) is 16.1. The zero-order chi connectivity index (χ0) is 20.0. The lowest BCUT2D eigenvalue weighted by molar-refractivity contribution is 0.227. The summed E-state index contributed by atoms with van der Waals surface area (Å²) in [5.74, 6) is -0.107. The van der Waals surface area contributed by atoms with Crippen molar-refractivity contribution in [1.82, 2.24) is 10.2 Å². The predicted octanol–water partition coefficient (Wildman–Crippen LogP) is 3.19. The number of amides is 2. The maximum atomic E-state index is 12.5. The number of carbonyl (C=O) groups excluding carboxylic acids is 1. The minimum Gasteiger partial charge on any atom is -0.336 e. The lowest BCUT2D eigenvalue weighted by Gasteiger charge is -2.28. The molecule has 0 aromatic heterocycles. The minimum absolute atomic E-state index is 0.107. The average Bonchev–Trinajstić information content (AvgIpc) is 3.18. The van der Waals surface area contributed by atoms with E-state index >= 15 is 0 Å². The van der Waals surface area contributed by atoms with E-state index in [0.717, 1.165) is 13.1 Å². The third-order valence-electron chi connectivity index (χ3n) is 4.90. The van der Waals surface area contributed by atoms with Gasteiger partial charge in [0, 0.05) is 18.5 Å². The maximum absolute atomic E-state index is 12.5. The topological polar surface area (TPSA) is 78.5 Å². The molecule has 2 N–H and O–H groups in total. The summed E-state index contributed by atoms with van der Waals surface area (Å²) in [6, 6.07) is 17.0. The van der Waals surface area contributed by atoms with Gasteiger partial charge in [-0.1, -0.05) is 48.5 Å². The van der Waals surface area contributed by atoms with Gasteiger partial charge in [-0.3, -0.25) is 4.90 Å². The van der Waals surface area contributed by atoms with Gasteiger partial charge in [-0.2, -0.15) is 0 Å². The second-order valence-electron chi connectivity index (χ2n) is 7.23. The van der Waals surface area contributed by atoms with Crippen molar-refractivity contribution >= 4 is 21.6 Å². The van der Waals surface area contributed by atoms with Crippen LogP contribution in [0.2, 0.25) is 0 Å². The fourth-order valence-corrected chi connectivity index (χ4v) is 4.41. The summed E-state index contributed by atoms with van der Waals surface area (Å²) in [5, 5.41) is 5.75. The molecule has 28 heavy (non-hydrogen) atoms. The van der Waals surface area contributed by atoms with Crippen LogP contribution in [0.15, 0.2) is 54.6 Å². The second kappa shape index (κ2) is 9.21. The SMILES string of the molecule is CS(=O)(=O)Cc1ccccc1NC(=O)NCC(c1ccccc1)N1CCCC1. The van der Waals surface area contributed by atoms with Crippen LogP contribution in [0.25, 0.3) is 0 Å². The molecule has 1 aliphatic heterocycles. The molecule has 0 radical (unpaired) electrons. The zero-order valence-corrected chi connectivity index (χ0v) is 16.9. The summed E-state index contributed by atoms with van der Waals surface area (Å²) < 4.78 is 23.2. The molecule has 1 saturated heterocycles. The van der Waals surface area contributed by atoms with Crippen molar-refractivity contribution in [2.45, 2.75) is 24.6 Å². The summed E-state index contributed by atoms with van der Waals surface area (Å²) >= 11 is 0. The molecule has 1 heterocycles. The van der Waals surface area contributed by atoms with E-state index in [4.69, 9.17) is 0 Å². The highest BCUT2D eigenvalue weighted by atomic mass is 32.2. The normalized spacial score (nSPS) is 15.9. The number of hydrogen-bond acceptors (Lipinski definition) is 4. The van der Waals surface area contributed by atoms with Crippen LogP contribution in [-0.2, 0) is 15.6 Å². The quantitative estimate of drug-likeness (QED) is 0.747. The molecule has 1 unspecified atom stereocenters. The summed E-state index contributed by atoms with van der Waals surface area (Å²) in [6.45, 7) is 2.55.